The van der Waals surface area contributed by atoms with E-state index in [0.29, 0.717) is 0 Å². The van der Waals surface area contributed by atoms with Gasteiger partial charge in [-0.25, -0.2) is 0 Å². The van der Waals surface area contributed by atoms with Gasteiger partial charge in [-0.05, 0) is 11.5 Å². The largest absolute Gasteiger partial charge is 0.378 e. The van der Waals surface area contributed by atoms with Gasteiger partial charge in [0.2, 0.25) is 0 Å². The van der Waals surface area contributed by atoms with Gasteiger partial charge in [0.25, 0.3) is 0 Å². The minimum Gasteiger partial charge on any atom is -0.378 e. The Bertz CT molecular complexity index is 238. The van der Waals surface area contributed by atoms with Crippen LogP contribution < -0.4 is 0 Å². The Labute approximate surface area is 88.3 Å². The second-order valence-corrected chi connectivity index (χ2v) is 3.99. The minimum absolute atomic E-state index is 0.763. The van der Waals surface area contributed by atoms with E-state index in [-0.39, 0.29) is 0 Å². The number of ether oxygens (including phenoxy) is 1. The van der Waals surface area contributed by atoms with Crippen LogP contribution in [-0.2, 0) is 4.74 Å². The normalized spacial score (nSPS) is 17.3. The van der Waals surface area contributed by atoms with Gasteiger partial charge in [-0.1, -0.05) is 29.9 Å². The molecule has 0 N–H and O–H groups in total. The standard InChI is InChI=1S/C9H11NOS2/c1-2-3-8-13-9(12)10-4-6-11-7-5-10/h1,3,8H,4-7H2/b8-3+. The van der Waals surface area contributed by atoms with E-state index >= 15 is 0 Å². The molecule has 1 saturated heterocycles. The van der Waals surface area contributed by atoms with Crippen LogP contribution in [0.1, 0.15) is 0 Å². The Kier molecular flexibility index (Phi) is 4.91. The van der Waals surface area contributed by atoms with Gasteiger partial charge in [-0.2, -0.15) is 0 Å². The summed E-state index contributed by atoms with van der Waals surface area (Å²) >= 11 is 6.69. The van der Waals surface area contributed by atoms with Crippen molar-refractivity contribution in [3.8, 4) is 12.3 Å². The highest BCUT2D eigenvalue weighted by Crippen LogP contribution is 2.12. The van der Waals surface area contributed by atoms with Crippen molar-refractivity contribution in [3.63, 3.8) is 0 Å². The highest BCUT2D eigenvalue weighted by Gasteiger charge is 2.12. The lowest BCUT2D eigenvalue weighted by atomic mass is 10.5. The fourth-order valence-electron chi connectivity index (χ4n) is 0.952. The fourth-order valence-corrected chi connectivity index (χ4v) is 1.90. The van der Waals surface area contributed by atoms with Crippen LogP contribution in [0.25, 0.3) is 0 Å². The van der Waals surface area contributed by atoms with Crippen molar-refractivity contribution in [2.75, 3.05) is 26.3 Å². The SMILES string of the molecule is C#C/C=C/SC(=S)N1CCOCC1. The highest BCUT2D eigenvalue weighted by atomic mass is 32.2. The summed E-state index contributed by atoms with van der Waals surface area (Å²) in [6.45, 7) is 3.30. The summed E-state index contributed by atoms with van der Waals surface area (Å²) in [5.74, 6) is 2.42. The molecule has 0 spiro atoms. The van der Waals surface area contributed by atoms with Gasteiger partial charge in [-0.3, -0.25) is 0 Å². The number of thioether (sulfide) groups is 1. The number of hydrogen-bond donors (Lipinski definition) is 0. The molecule has 13 heavy (non-hydrogen) atoms. The average molecular weight is 213 g/mol. The van der Waals surface area contributed by atoms with Crippen LogP contribution in [0.4, 0.5) is 0 Å². The average Bonchev–Trinajstić information content (AvgIpc) is 2.19. The Balaban J connectivity index is 2.30. The van der Waals surface area contributed by atoms with Crippen molar-refractivity contribution in [1.29, 1.82) is 0 Å². The molecule has 1 rings (SSSR count). The molecule has 0 aromatic heterocycles. The van der Waals surface area contributed by atoms with Gasteiger partial charge in [0.1, 0.15) is 4.32 Å². The summed E-state index contributed by atoms with van der Waals surface area (Å²) in [5.41, 5.74) is 0. The molecule has 0 aromatic carbocycles. The molecule has 0 aliphatic carbocycles. The topological polar surface area (TPSA) is 12.5 Å². The maximum atomic E-state index is 5.21. The summed E-state index contributed by atoms with van der Waals surface area (Å²) in [7, 11) is 0. The van der Waals surface area contributed by atoms with Gasteiger partial charge in [0, 0.05) is 13.1 Å². The Morgan fingerprint density at radius 1 is 1.54 bits per heavy atom. The molecule has 0 saturated carbocycles. The third-order valence-corrected chi connectivity index (χ3v) is 2.88. The number of morpholine rings is 1. The van der Waals surface area contributed by atoms with Gasteiger partial charge in [-0.15, -0.1) is 6.42 Å². The van der Waals surface area contributed by atoms with Crippen molar-refractivity contribution in [1.82, 2.24) is 4.90 Å². The van der Waals surface area contributed by atoms with E-state index in [2.05, 4.69) is 10.8 Å². The zero-order chi connectivity index (χ0) is 9.52. The molecular formula is C9H11NOS2. The maximum absolute atomic E-state index is 5.21. The van der Waals surface area contributed by atoms with Crippen LogP contribution in [-0.4, -0.2) is 35.5 Å². The molecule has 0 radical (unpaired) electrons. The summed E-state index contributed by atoms with van der Waals surface area (Å²) in [6.07, 6.45) is 6.72. The van der Waals surface area contributed by atoms with E-state index in [4.69, 9.17) is 23.4 Å². The van der Waals surface area contributed by atoms with Crippen molar-refractivity contribution < 1.29 is 4.74 Å². The number of thiocarbonyl (C=S) groups is 1. The smallest absolute Gasteiger partial charge is 0.140 e. The summed E-state index contributed by atoms with van der Waals surface area (Å²) < 4.78 is 6.08. The van der Waals surface area contributed by atoms with Crippen LogP contribution >= 0.6 is 24.0 Å². The second kappa shape index (κ2) is 6.03. The first-order valence-corrected chi connectivity index (χ1v) is 5.28. The van der Waals surface area contributed by atoms with Crippen LogP contribution in [0.2, 0.25) is 0 Å². The van der Waals surface area contributed by atoms with Crippen molar-refractivity contribution in [3.05, 3.63) is 11.5 Å². The molecular weight excluding hydrogens is 202 g/mol. The predicted octanol–water partition coefficient (Wildman–Crippen LogP) is 1.48. The molecule has 0 bridgehead atoms. The highest BCUT2D eigenvalue weighted by molar-refractivity contribution is 8.24. The number of nitrogens with zero attached hydrogens (tertiary/aromatic N) is 1. The first-order chi connectivity index (χ1) is 6.34. The van der Waals surface area contributed by atoms with Crippen molar-refractivity contribution in [2.45, 2.75) is 0 Å². The molecule has 1 aliphatic rings. The molecule has 0 atom stereocenters. The molecule has 70 valence electrons. The van der Waals surface area contributed by atoms with Crippen LogP contribution in [0, 0.1) is 12.3 Å². The number of rotatable bonds is 1. The molecule has 0 amide bonds. The van der Waals surface area contributed by atoms with E-state index in [1.54, 1.807) is 6.08 Å². The third kappa shape index (κ3) is 3.81. The van der Waals surface area contributed by atoms with E-state index < -0.39 is 0 Å². The zero-order valence-electron chi connectivity index (χ0n) is 7.23. The predicted molar refractivity (Wildman–Crippen MR) is 60.6 cm³/mol. The molecule has 0 unspecified atom stereocenters. The van der Waals surface area contributed by atoms with Crippen LogP contribution in [0.5, 0.6) is 0 Å². The lowest BCUT2D eigenvalue weighted by molar-refractivity contribution is 0.0702. The van der Waals surface area contributed by atoms with Gasteiger partial charge in [0.05, 0.1) is 13.2 Å². The summed E-state index contributed by atoms with van der Waals surface area (Å²) in [6, 6.07) is 0. The zero-order valence-corrected chi connectivity index (χ0v) is 8.87. The quantitative estimate of drug-likeness (QED) is 0.483. The van der Waals surface area contributed by atoms with Crippen LogP contribution in [0.15, 0.2) is 11.5 Å². The molecule has 4 heteroatoms. The maximum Gasteiger partial charge on any atom is 0.140 e. The van der Waals surface area contributed by atoms with E-state index in [9.17, 15) is 0 Å². The molecule has 2 nitrogen and oxygen atoms in total. The molecule has 1 aliphatic heterocycles. The Morgan fingerprint density at radius 3 is 2.85 bits per heavy atom. The number of allylic oxidation sites excluding steroid dienone is 1. The monoisotopic (exact) mass is 213 g/mol. The number of hydrogen-bond acceptors (Lipinski definition) is 3. The lowest BCUT2D eigenvalue weighted by Crippen LogP contribution is -2.38. The summed E-state index contributed by atoms with van der Waals surface area (Å²) in [5, 5.41) is 1.83. The molecule has 1 heterocycles. The molecule has 1 fully saturated rings. The number of terminal acetylenes is 1. The van der Waals surface area contributed by atoms with Crippen molar-refractivity contribution in [2.24, 2.45) is 0 Å². The Morgan fingerprint density at radius 2 is 2.23 bits per heavy atom. The van der Waals surface area contributed by atoms with E-state index in [1.165, 1.54) is 11.8 Å². The fraction of sp³-hybridized carbons (Fsp3) is 0.444. The Hall–Kier alpha value is -0.500. The van der Waals surface area contributed by atoms with Gasteiger partial charge >= 0.3 is 0 Å². The third-order valence-electron chi connectivity index (χ3n) is 1.60. The van der Waals surface area contributed by atoms with Crippen molar-refractivity contribution >= 4 is 28.3 Å². The van der Waals surface area contributed by atoms with E-state index in [1.807, 2.05) is 5.41 Å². The first kappa shape index (κ1) is 10.6. The molecule has 0 aromatic rings. The van der Waals surface area contributed by atoms with Gasteiger partial charge in [0.15, 0.2) is 0 Å². The van der Waals surface area contributed by atoms with Crippen LogP contribution in [0.3, 0.4) is 0 Å². The van der Waals surface area contributed by atoms with Gasteiger partial charge < -0.3 is 9.64 Å². The van der Waals surface area contributed by atoms with E-state index in [0.717, 1.165) is 30.6 Å². The summed E-state index contributed by atoms with van der Waals surface area (Å²) in [4.78, 5) is 2.13. The lowest BCUT2D eigenvalue weighted by Gasteiger charge is -2.27. The first-order valence-electron chi connectivity index (χ1n) is 3.99. The minimum atomic E-state index is 0.763. The second-order valence-electron chi connectivity index (χ2n) is 2.45.